The smallest absolute Gasteiger partial charge is 0.276 e. The van der Waals surface area contributed by atoms with Crippen molar-refractivity contribution >= 4 is 11.6 Å². The molecule has 0 aliphatic carbocycles. The molecule has 1 aromatic heterocycles. The lowest BCUT2D eigenvalue weighted by Crippen LogP contribution is -2.13. The number of carbonyl (C=O) groups excluding carboxylic acids is 1. The number of aromatic nitrogens is 2. The second-order valence-electron chi connectivity index (χ2n) is 5.24. The van der Waals surface area contributed by atoms with Gasteiger partial charge in [-0.2, -0.15) is 5.10 Å². The standard InChI is InChI=1S/C18H16FN3O2/c1-12-11-17(21-22(12)15-7-3-13(19)4-8-15)18(23)20-14-5-9-16(24-2)10-6-14/h3-11H,1-2H3,(H,20,23). The first kappa shape index (κ1) is 15.7. The van der Waals surface area contributed by atoms with E-state index in [0.717, 1.165) is 5.69 Å². The third-order valence-corrected chi connectivity index (χ3v) is 3.54. The maximum absolute atomic E-state index is 13.0. The van der Waals surface area contributed by atoms with Gasteiger partial charge in [0.05, 0.1) is 12.8 Å². The molecule has 1 heterocycles. The molecule has 0 fully saturated rings. The molecule has 0 bridgehead atoms. The highest BCUT2D eigenvalue weighted by Crippen LogP contribution is 2.17. The fraction of sp³-hybridized carbons (Fsp3) is 0.111. The maximum atomic E-state index is 13.0. The molecule has 0 saturated carbocycles. The van der Waals surface area contributed by atoms with E-state index in [1.54, 1.807) is 54.3 Å². The van der Waals surface area contributed by atoms with E-state index in [2.05, 4.69) is 10.4 Å². The summed E-state index contributed by atoms with van der Waals surface area (Å²) in [5, 5.41) is 7.08. The molecule has 122 valence electrons. The Labute approximate surface area is 138 Å². The van der Waals surface area contributed by atoms with Gasteiger partial charge in [0.2, 0.25) is 0 Å². The summed E-state index contributed by atoms with van der Waals surface area (Å²) in [6, 6.07) is 14.6. The fourth-order valence-electron chi connectivity index (χ4n) is 2.30. The number of amides is 1. The molecule has 0 atom stereocenters. The van der Waals surface area contributed by atoms with Gasteiger partial charge in [0.15, 0.2) is 5.69 Å². The number of nitrogens with one attached hydrogen (secondary N) is 1. The molecule has 2 aromatic carbocycles. The highest BCUT2D eigenvalue weighted by molar-refractivity contribution is 6.03. The molecule has 6 heteroatoms. The van der Waals surface area contributed by atoms with Gasteiger partial charge in [-0.3, -0.25) is 4.79 Å². The number of carbonyl (C=O) groups is 1. The lowest BCUT2D eigenvalue weighted by atomic mass is 10.3. The lowest BCUT2D eigenvalue weighted by molar-refractivity contribution is 0.102. The van der Waals surface area contributed by atoms with Gasteiger partial charge in [-0.15, -0.1) is 0 Å². The molecule has 5 nitrogen and oxygen atoms in total. The molecular formula is C18H16FN3O2. The van der Waals surface area contributed by atoms with Gasteiger partial charge in [0.25, 0.3) is 5.91 Å². The number of hydrogen-bond acceptors (Lipinski definition) is 3. The maximum Gasteiger partial charge on any atom is 0.276 e. The van der Waals surface area contributed by atoms with Crippen LogP contribution < -0.4 is 10.1 Å². The van der Waals surface area contributed by atoms with E-state index < -0.39 is 0 Å². The Bertz CT molecular complexity index is 855. The van der Waals surface area contributed by atoms with Crippen LogP contribution in [0.3, 0.4) is 0 Å². The number of benzene rings is 2. The zero-order valence-corrected chi connectivity index (χ0v) is 13.3. The van der Waals surface area contributed by atoms with Crippen molar-refractivity contribution in [3.63, 3.8) is 0 Å². The second-order valence-corrected chi connectivity index (χ2v) is 5.24. The number of nitrogens with zero attached hydrogens (tertiary/aromatic N) is 2. The molecule has 3 rings (SSSR count). The highest BCUT2D eigenvalue weighted by Gasteiger charge is 2.13. The Balaban J connectivity index is 1.80. The van der Waals surface area contributed by atoms with Crippen molar-refractivity contribution < 1.29 is 13.9 Å². The normalized spacial score (nSPS) is 10.5. The Morgan fingerprint density at radius 3 is 2.42 bits per heavy atom. The first-order chi connectivity index (χ1) is 11.6. The van der Waals surface area contributed by atoms with Gasteiger partial charge in [-0.1, -0.05) is 0 Å². The van der Waals surface area contributed by atoms with Crippen molar-refractivity contribution in [1.82, 2.24) is 9.78 Å². The molecule has 0 radical (unpaired) electrons. The molecular weight excluding hydrogens is 309 g/mol. The van der Waals surface area contributed by atoms with E-state index in [1.807, 2.05) is 6.92 Å². The first-order valence-electron chi connectivity index (χ1n) is 7.35. The SMILES string of the molecule is COc1ccc(NC(=O)c2cc(C)n(-c3ccc(F)cc3)n2)cc1. The molecule has 0 unspecified atom stereocenters. The van der Waals surface area contributed by atoms with Crippen molar-refractivity contribution in [3.05, 3.63) is 71.8 Å². The number of hydrogen-bond donors (Lipinski definition) is 1. The van der Waals surface area contributed by atoms with Crippen molar-refractivity contribution in [2.45, 2.75) is 6.92 Å². The van der Waals surface area contributed by atoms with Gasteiger partial charge in [-0.25, -0.2) is 9.07 Å². The summed E-state index contributed by atoms with van der Waals surface area (Å²) in [5.41, 5.74) is 2.40. The van der Waals surface area contributed by atoms with Crippen LogP contribution in [0.15, 0.2) is 54.6 Å². The molecule has 0 spiro atoms. The van der Waals surface area contributed by atoms with E-state index in [1.165, 1.54) is 12.1 Å². The Kier molecular flexibility index (Phi) is 4.29. The Morgan fingerprint density at radius 2 is 1.79 bits per heavy atom. The predicted molar refractivity (Wildman–Crippen MR) is 89.2 cm³/mol. The minimum Gasteiger partial charge on any atom is -0.497 e. The summed E-state index contributed by atoms with van der Waals surface area (Å²) in [6.45, 7) is 1.83. The highest BCUT2D eigenvalue weighted by atomic mass is 19.1. The Hall–Kier alpha value is -3.15. The minimum atomic E-state index is -0.318. The van der Waals surface area contributed by atoms with Crippen LogP contribution in [0.4, 0.5) is 10.1 Å². The quantitative estimate of drug-likeness (QED) is 0.797. The summed E-state index contributed by atoms with van der Waals surface area (Å²) in [5.74, 6) is 0.0783. The average Bonchev–Trinajstić information content (AvgIpc) is 2.98. The van der Waals surface area contributed by atoms with Crippen molar-refractivity contribution in [1.29, 1.82) is 0 Å². The fourth-order valence-corrected chi connectivity index (χ4v) is 2.30. The number of anilines is 1. The predicted octanol–water partition coefficient (Wildman–Crippen LogP) is 3.58. The van der Waals surface area contributed by atoms with Crippen molar-refractivity contribution in [2.24, 2.45) is 0 Å². The zero-order chi connectivity index (χ0) is 17.1. The molecule has 0 aliphatic rings. The largest absolute Gasteiger partial charge is 0.497 e. The van der Waals surface area contributed by atoms with Crippen LogP contribution in [0.2, 0.25) is 0 Å². The van der Waals surface area contributed by atoms with Crippen molar-refractivity contribution in [2.75, 3.05) is 12.4 Å². The van der Waals surface area contributed by atoms with E-state index in [-0.39, 0.29) is 17.4 Å². The number of halogens is 1. The van der Waals surface area contributed by atoms with Crippen LogP contribution in [-0.2, 0) is 0 Å². The van der Waals surface area contributed by atoms with E-state index in [4.69, 9.17) is 4.74 Å². The summed E-state index contributed by atoms with van der Waals surface area (Å²) >= 11 is 0. The van der Waals surface area contributed by atoms with E-state index >= 15 is 0 Å². The molecule has 24 heavy (non-hydrogen) atoms. The molecule has 0 saturated heterocycles. The molecule has 0 aliphatic heterocycles. The van der Waals surface area contributed by atoms with Crippen molar-refractivity contribution in [3.8, 4) is 11.4 Å². The van der Waals surface area contributed by atoms with Gasteiger partial charge in [-0.05, 0) is 61.5 Å². The van der Waals surface area contributed by atoms with Crippen LogP contribution in [0.5, 0.6) is 5.75 Å². The molecule has 3 aromatic rings. The third-order valence-electron chi connectivity index (χ3n) is 3.54. The van der Waals surface area contributed by atoms with Crippen LogP contribution in [0, 0.1) is 12.7 Å². The van der Waals surface area contributed by atoms with Crippen LogP contribution >= 0.6 is 0 Å². The first-order valence-corrected chi connectivity index (χ1v) is 7.35. The van der Waals surface area contributed by atoms with Crippen LogP contribution in [-0.4, -0.2) is 22.8 Å². The molecule has 1 amide bonds. The number of aryl methyl sites for hydroxylation is 1. The monoisotopic (exact) mass is 325 g/mol. The van der Waals surface area contributed by atoms with Gasteiger partial charge in [0.1, 0.15) is 11.6 Å². The van der Waals surface area contributed by atoms with Gasteiger partial charge >= 0.3 is 0 Å². The average molecular weight is 325 g/mol. The van der Waals surface area contributed by atoms with E-state index in [9.17, 15) is 9.18 Å². The van der Waals surface area contributed by atoms with Gasteiger partial charge < -0.3 is 10.1 Å². The zero-order valence-electron chi connectivity index (χ0n) is 13.3. The van der Waals surface area contributed by atoms with Crippen LogP contribution in [0.25, 0.3) is 5.69 Å². The summed E-state index contributed by atoms with van der Waals surface area (Å²) in [6.07, 6.45) is 0. The number of rotatable bonds is 4. The van der Waals surface area contributed by atoms with Gasteiger partial charge in [0, 0.05) is 11.4 Å². The minimum absolute atomic E-state index is 0.285. The Morgan fingerprint density at radius 1 is 1.12 bits per heavy atom. The lowest BCUT2D eigenvalue weighted by Gasteiger charge is -2.05. The van der Waals surface area contributed by atoms with E-state index in [0.29, 0.717) is 17.1 Å². The number of ether oxygens (including phenoxy) is 1. The topological polar surface area (TPSA) is 56.1 Å². The number of methoxy groups -OCH3 is 1. The molecule has 1 N–H and O–H groups in total. The summed E-state index contributed by atoms with van der Waals surface area (Å²) in [4.78, 5) is 12.3. The summed E-state index contributed by atoms with van der Waals surface area (Å²) in [7, 11) is 1.58. The second kappa shape index (κ2) is 6.54. The van der Waals surface area contributed by atoms with Crippen LogP contribution in [0.1, 0.15) is 16.2 Å². The third kappa shape index (κ3) is 3.27. The summed E-state index contributed by atoms with van der Waals surface area (Å²) < 4.78 is 19.7.